The lowest BCUT2D eigenvalue weighted by atomic mass is 10.1. The van der Waals surface area contributed by atoms with Gasteiger partial charge in [0, 0.05) is 12.1 Å². The first-order valence-corrected chi connectivity index (χ1v) is 9.45. The summed E-state index contributed by atoms with van der Waals surface area (Å²) in [5.74, 6) is -1.39. The Bertz CT molecular complexity index is 819. The summed E-state index contributed by atoms with van der Waals surface area (Å²) in [6.45, 7) is 6.42. The van der Waals surface area contributed by atoms with Crippen molar-refractivity contribution in [3.63, 3.8) is 0 Å². The van der Waals surface area contributed by atoms with E-state index in [1.54, 1.807) is 61.5 Å². The lowest BCUT2D eigenvalue weighted by Crippen LogP contribution is -2.42. The van der Waals surface area contributed by atoms with Crippen molar-refractivity contribution < 1.29 is 23.9 Å². The molecular weight excluding hydrogens is 372 g/mol. The van der Waals surface area contributed by atoms with Crippen LogP contribution >= 0.6 is 0 Å². The molecule has 2 N–H and O–H groups in total. The number of urea groups is 1. The molecule has 0 aliphatic heterocycles. The van der Waals surface area contributed by atoms with E-state index in [4.69, 9.17) is 9.47 Å². The highest BCUT2D eigenvalue weighted by molar-refractivity contribution is 5.99. The van der Waals surface area contributed by atoms with E-state index < -0.39 is 24.0 Å². The monoisotopic (exact) mass is 398 g/mol. The van der Waals surface area contributed by atoms with Gasteiger partial charge in [0.15, 0.2) is 0 Å². The van der Waals surface area contributed by atoms with Gasteiger partial charge in [0.1, 0.15) is 0 Å². The van der Waals surface area contributed by atoms with E-state index in [-0.39, 0.29) is 6.10 Å². The van der Waals surface area contributed by atoms with Gasteiger partial charge in [0.2, 0.25) is 6.10 Å². The summed E-state index contributed by atoms with van der Waals surface area (Å²) < 4.78 is 11.0. The van der Waals surface area contributed by atoms with E-state index in [0.717, 1.165) is 5.56 Å². The molecule has 2 aromatic carbocycles. The van der Waals surface area contributed by atoms with Gasteiger partial charge in [-0.1, -0.05) is 42.5 Å². The Morgan fingerprint density at radius 3 is 2.21 bits per heavy atom. The Morgan fingerprint density at radius 2 is 1.62 bits per heavy atom. The number of hydrogen-bond donors (Lipinski definition) is 2. The van der Waals surface area contributed by atoms with E-state index in [0.29, 0.717) is 24.3 Å². The molecule has 7 heteroatoms. The molecule has 1 atom stereocenters. The van der Waals surface area contributed by atoms with Crippen molar-refractivity contribution in [1.29, 1.82) is 0 Å². The third-order valence-electron chi connectivity index (χ3n) is 3.91. The number of carbonyl (C=O) groups excluding carboxylic acids is 3. The van der Waals surface area contributed by atoms with Gasteiger partial charge in [-0.15, -0.1) is 0 Å². The Labute approximate surface area is 170 Å². The minimum Gasteiger partial charge on any atom is -0.444 e. The zero-order chi connectivity index (χ0) is 21.2. The largest absolute Gasteiger partial charge is 0.444 e. The van der Waals surface area contributed by atoms with Crippen molar-refractivity contribution in [2.45, 2.75) is 39.6 Å². The number of carbonyl (C=O) groups is 3. The molecule has 0 aliphatic rings. The summed E-state index contributed by atoms with van der Waals surface area (Å²) in [6.07, 6.45) is -1.15. The summed E-state index contributed by atoms with van der Waals surface area (Å²) >= 11 is 0. The standard InChI is InChI=1S/C22H26N2O5/c1-4-23-22(27)24-20(25)19(17-8-6-5-7-9-17)29-21(26)18-12-10-16(11-13-18)14-28-15(2)3/h5-13,15,19H,4,14H2,1-3H3,(H2,23,24,25,27)/t19-/m1/s1. The Hall–Kier alpha value is -3.19. The zero-order valence-corrected chi connectivity index (χ0v) is 16.8. The number of benzene rings is 2. The third-order valence-corrected chi connectivity index (χ3v) is 3.91. The molecule has 0 saturated carbocycles. The highest BCUT2D eigenvalue weighted by Crippen LogP contribution is 2.20. The fourth-order valence-corrected chi connectivity index (χ4v) is 2.46. The number of amides is 3. The summed E-state index contributed by atoms with van der Waals surface area (Å²) in [4.78, 5) is 36.8. The highest BCUT2D eigenvalue weighted by atomic mass is 16.5. The first kappa shape index (κ1) is 22.1. The van der Waals surface area contributed by atoms with E-state index in [1.165, 1.54) is 0 Å². The molecule has 154 valence electrons. The van der Waals surface area contributed by atoms with E-state index in [1.807, 2.05) is 13.8 Å². The second-order valence-corrected chi connectivity index (χ2v) is 6.60. The lowest BCUT2D eigenvalue weighted by molar-refractivity contribution is -0.129. The number of imide groups is 1. The summed E-state index contributed by atoms with van der Waals surface area (Å²) in [5.41, 5.74) is 1.68. The predicted molar refractivity (Wildman–Crippen MR) is 108 cm³/mol. The minimum absolute atomic E-state index is 0.106. The van der Waals surface area contributed by atoms with Gasteiger partial charge in [0.25, 0.3) is 5.91 Å². The minimum atomic E-state index is -1.25. The van der Waals surface area contributed by atoms with Crippen LogP contribution in [0.2, 0.25) is 0 Å². The smallest absolute Gasteiger partial charge is 0.339 e. The first-order valence-electron chi connectivity index (χ1n) is 9.45. The van der Waals surface area contributed by atoms with Crippen molar-refractivity contribution in [2.75, 3.05) is 6.54 Å². The van der Waals surface area contributed by atoms with Crippen LogP contribution in [0.15, 0.2) is 54.6 Å². The van der Waals surface area contributed by atoms with Crippen LogP contribution < -0.4 is 10.6 Å². The first-order chi connectivity index (χ1) is 13.9. The summed E-state index contributed by atoms with van der Waals surface area (Å²) in [7, 11) is 0. The molecule has 0 radical (unpaired) electrons. The van der Waals surface area contributed by atoms with Crippen LogP contribution in [-0.2, 0) is 20.9 Å². The van der Waals surface area contributed by atoms with Crippen LogP contribution in [0.4, 0.5) is 4.79 Å². The van der Waals surface area contributed by atoms with Gasteiger partial charge in [-0.3, -0.25) is 10.1 Å². The summed E-state index contributed by atoms with van der Waals surface area (Å²) in [5, 5.41) is 4.66. The van der Waals surface area contributed by atoms with Crippen LogP contribution in [-0.4, -0.2) is 30.6 Å². The van der Waals surface area contributed by atoms with Crippen molar-refractivity contribution >= 4 is 17.9 Å². The van der Waals surface area contributed by atoms with Gasteiger partial charge >= 0.3 is 12.0 Å². The molecule has 0 aliphatic carbocycles. The van der Waals surface area contributed by atoms with Gasteiger partial charge in [0.05, 0.1) is 18.3 Å². The van der Waals surface area contributed by atoms with E-state index in [2.05, 4.69) is 10.6 Å². The molecular formula is C22H26N2O5. The topological polar surface area (TPSA) is 93.7 Å². The number of esters is 1. The molecule has 2 aromatic rings. The van der Waals surface area contributed by atoms with Crippen molar-refractivity contribution in [1.82, 2.24) is 10.6 Å². The third kappa shape index (κ3) is 7.04. The van der Waals surface area contributed by atoms with E-state index >= 15 is 0 Å². The Kier molecular flexibility index (Phi) is 8.36. The molecule has 29 heavy (non-hydrogen) atoms. The normalized spacial score (nSPS) is 11.6. The second kappa shape index (κ2) is 11.0. The molecule has 0 fully saturated rings. The van der Waals surface area contributed by atoms with Crippen LogP contribution in [0.5, 0.6) is 0 Å². The maximum absolute atomic E-state index is 12.6. The molecule has 0 spiro atoms. The Morgan fingerprint density at radius 1 is 0.966 bits per heavy atom. The number of hydrogen-bond acceptors (Lipinski definition) is 5. The zero-order valence-electron chi connectivity index (χ0n) is 16.8. The molecule has 0 unspecified atom stereocenters. The molecule has 0 aromatic heterocycles. The average molecular weight is 398 g/mol. The van der Waals surface area contributed by atoms with Crippen molar-refractivity contribution in [3.8, 4) is 0 Å². The molecule has 3 amide bonds. The predicted octanol–water partition coefficient (Wildman–Crippen LogP) is 3.36. The average Bonchev–Trinajstić information content (AvgIpc) is 2.71. The highest BCUT2D eigenvalue weighted by Gasteiger charge is 2.27. The molecule has 0 bridgehead atoms. The van der Waals surface area contributed by atoms with Gasteiger partial charge < -0.3 is 14.8 Å². The number of rotatable bonds is 8. The maximum Gasteiger partial charge on any atom is 0.339 e. The van der Waals surface area contributed by atoms with Gasteiger partial charge in [-0.25, -0.2) is 9.59 Å². The SMILES string of the molecule is CCNC(=O)NC(=O)[C@H](OC(=O)c1ccc(COC(C)C)cc1)c1ccccc1. The fraction of sp³-hybridized carbons (Fsp3) is 0.318. The summed E-state index contributed by atoms with van der Waals surface area (Å²) in [6, 6.07) is 14.7. The van der Waals surface area contributed by atoms with Crippen LogP contribution in [0.3, 0.4) is 0 Å². The quantitative estimate of drug-likeness (QED) is 0.665. The number of ether oxygens (including phenoxy) is 2. The molecule has 0 heterocycles. The molecule has 7 nitrogen and oxygen atoms in total. The van der Waals surface area contributed by atoms with Crippen LogP contribution in [0.1, 0.15) is 48.4 Å². The molecule has 2 rings (SSSR count). The van der Waals surface area contributed by atoms with Crippen molar-refractivity contribution in [2.24, 2.45) is 0 Å². The van der Waals surface area contributed by atoms with Gasteiger partial charge in [-0.05, 0) is 38.5 Å². The Balaban J connectivity index is 2.12. The van der Waals surface area contributed by atoms with Crippen LogP contribution in [0.25, 0.3) is 0 Å². The number of nitrogens with one attached hydrogen (secondary N) is 2. The van der Waals surface area contributed by atoms with Crippen molar-refractivity contribution in [3.05, 3.63) is 71.3 Å². The van der Waals surface area contributed by atoms with Gasteiger partial charge in [-0.2, -0.15) is 0 Å². The lowest BCUT2D eigenvalue weighted by Gasteiger charge is -2.18. The maximum atomic E-state index is 12.6. The van der Waals surface area contributed by atoms with Crippen LogP contribution in [0, 0.1) is 0 Å². The second-order valence-electron chi connectivity index (χ2n) is 6.60. The van der Waals surface area contributed by atoms with E-state index in [9.17, 15) is 14.4 Å². The fourth-order valence-electron chi connectivity index (χ4n) is 2.46. The molecule has 0 saturated heterocycles.